The van der Waals surface area contributed by atoms with E-state index in [4.69, 9.17) is 4.74 Å². The van der Waals surface area contributed by atoms with Crippen molar-refractivity contribution in [3.05, 3.63) is 90.0 Å². The molecule has 0 saturated carbocycles. The summed E-state index contributed by atoms with van der Waals surface area (Å²) in [6, 6.07) is 19.0. The molecule has 0 atom stereocenters. The summed E-state index contributed by atoms with van der Waals surface area (Å²) in [7, 11) is 0. The van der Waals surface area contributed by atoms with Gasteiger partial charge in [0.05, 0.1) is 0 Å². The van der Waals surface area contributed by atoms with E-state index in [0.717, 1.165) is 5.69 Å². The summed E-state index contributed by atoms with van der Waals surface area (Å²) in [6.45, 7) is 2.14. The average Bonchev–Trinajstić information content (AvgIpc) is 3.20. The maximum atomic E-state index is 14.1. The fraction of sp³-hybridized carbons (Fsp3) is 0.160. The quantitative estimate of drug-likeness (QED) is 0.490. The highest BCUT2D eigenvalue weighted by atomic mass is 19.1. The van der Waals surface area contributed by atoms with Gasteiger partial charge >= 0.3 is 12.0 Å². The molecule has 0 bridgehead atoms. The molecule has 2 heterocycles. The van der Waals surface area contributed by atoms with Gasteiger partial charge in [-0.2, -0.15) is 0 Å². The Morgan fingerprint density at radius 3 is 2.39 bits per heavy atom. The Labute approximate surface area is 189 Å². The molecule has 33 heavy (non-hydrogen) atoms. The van der Waals surface area contributed by atoms with Crippen LogP contribution in [-0.4, -0.2) is 53.9 Å². The molecule has 3 aromatic rings. The number of esters is 1. The number of nitrogens with one attached hydrogen (secondary N) is 1. The van der Waals surface area contributed by atoms with Crippen molar-refractivity contribution in [3.63, 3.8) is 0 Å². The van der Waals surface area contributed by atoms with Gasteiger partial charge in [-0.1, -0.05) is 42.5 Å². The van der Waals surface area contributed by atoms with Gasteiger partial charge in [-0.3, -0.25) is 0 Å². The van der Waals surface area contributed by atoms with Crippen LogP contribution in [0.5, 0.6) is 0 Å². The van der Waals surface area contributed by atoms with Gasteiger partial charge in [0.25, 0.3) is 0 Å². The normalized spacial score (nSPS) is 17.3. The molecule has 8 heteroatoms. The predicted octanol–water partition coefficient (Wildman–Crippen LogP) is 3.97. The summed E-state index contributed by atoms with van der Waals surface area (Å²) in [4.78, 5) is 32.9. The number of nitrogens with zero attached hydrogens (tertiary/aromatic N) is 3. The Balaban J connectivity index is 1.28. The molecule has 0 aliphatic carbocycles. The lowest BCUT2D eigenvalue weighted by atomic mass is 10.0. The summed E-state index contributed by atoms with van der Waals surface area (Å²) in [5.41, 5.74) is 1.49. The summed E-state index contributed by atoms with van der Waals surface area (Å²) < 4.78 is 19.5. The molecule has 3 aromatic carbocycles. The van der Waals surface area contributed by atoms with Crippen molar-refractivity contribution in [2.45, 2.75) is 0 Å². The molecule has 166 valence electrons. The fourth-order valence-electron chi connectivity index (χ4n) is 3.91. The lowest BCUT2D eigenvalue weighted by Crippen LogP contribution is -2.48. The van der Waals surface area contributed by atoms with Crippen molar-refractivity contribution < 1.29 is 18.7 Å². The number of fused-ring (bicyclic) bond motifs is 1. The summed E-state index contributed by atoms with van der Waals surface area (Å²) in [6.07, 6.45) is 1.66. The third-order valence-corrected chi connectivity index (χ3v) is 5.65. The molecule has 0 unspecified atom stereocenters. The van der Waals surface area contributed by atoms with E-state index in [9.17, 15) is 14.0 Å². The number of halogens is 1. The number of aliphatic imine (C=N–C) groups is 1. The number of piperazine rings is 1. The number of urea groups is 1. The van der Waals surface area contributed by atoms with Crippen LogP contribution in [0, 0.1) is 5.82 Å². The third-order valence-electron chi connectivity index (χ3n) is 5.65. The number of carbonyl (C=O) groups is 2. The van der Waals surface area contributed by atoms with Crippen LogP contribution in [-0.2, 0) is 9.53 Å². The Kier molecular flexibility index (Phi) is 5.48. The highest BCUT2D eigenvalue weighted by Crippen LogP contribution is 2.26. The van der Waals surface area contributed by atoms with Gasteiger partial charge < -0.3 is 19.9 Å². The van der Waals surface area contributed by atoms with Crippen molar-refractivity contribution in [3.8, 4) is 0 Å². The molecule has 2 amide bonds. The van der Waals surface area contributed by atoms with E-state index in [1.165, 1.54) is 6.07 Å². The van der Waals surface area contributed by atoms with Gasteiger partial charge in [0.15, 0.2) is 5.70 Å². The monoisotopic (exact) mass is 444 g/mol. The summed E-state index contributed by atoms with van der Waals surface area (Å²) in [5.74, 6) is -0.741. The maximum Gasteiger partial charge on any atom is 0.365 e. The van der Waals surface area contributed by atoms with Gasteiger partial charge in [-0.15, -0.1) is 0 Å². The largest absolute Gasteiger partial charge is 0.402 e. The Morgan fingerprint density at radius 1 is 0.939 bits per heavy atom. The third kappa shape index (κ3) is 4.27. The van der Waals surface area contributed by atoms with Crippen LogP contribution in [0.25, 0.3) is 10.8 Å². The zero-order valence-electron chi connectivity index (χ0n) is 17.7. The first kappa shape index (κ1) is 20.7. The molecule has 0 radical (unpaired) electrons. The van der Waals surface area contributed by atoms with Gasteiger partial charge in [0.2, 0.25) is 5.90 Å². The number of rotatable bonds is 3. The van der Waals surface area contributed by atoms with Gasteiger partial charge in [-0.05, 0) is 29.7 Å². The van der Waals surface area contributed by atoms with E-state index >= 15 is 0 Å². The van der Waals surface area contributed by atoms with E-state index in [0.29, 0.717) is 42.5 Å². The van der Waals surface area contributed by atoms with Gasteiger partial charge in [0.1, 0.15) is 5.82 Å². The number of anilines is 1. The van der Waals surface area contributed by atoms with Crippen LogP contribution in [0.15, 0.2) is 83.6 Å². The number of carbonyl (C=O) groups excluding carboxylic acids is 2. The molecule has 7 nitrogen and oxygen atoms in total. The molecular weight excluding hydrogens is 423 g/mol. The van der Waals surface area contributed by atoms with E-state index in [1.54, 1.807) is 41.4 Å². The predicted molar refractivity (Wildman–Crippen MR) is 123 cm³/mol. The molecule has 0 spiro atoms. The Morgan fingerprint density at radius 2 is 1.64 bits per heavy atom. The highest BCUT2D eigenvalue weighted by Gasteiger charge is 2.28. The summed E-state index contributed by atoms with van der Waals surface area (Å²) in [5, 5.41) is 3.95. The minimum Gasteiger partial charge on any atom is -0.402 e. The van der Waals surface area contributed by atoms with Crippen molar-refractivity contribution in [2.75, 3.05) is 31.5 Å². The van der Waals surface area contributed by atoms with Gasteiger partial charge in [0, 0.05) is 49.0 Å². The van der Waals surface area contributed by atoms with E-state index < -0.39 is 5.97 Å². The van der Waals surface area contributed by atoms with E-state index in [2.05, 4.69) is 10.3 Å². The number of cyclic esters (lactones) is 1. The number of hydrogen-bond acceptors (Lipinski definition) is 5. The number of benzene rings is 3. The van der Waals surface area contributed by atoms with Crippen LogP contribution < -0.4 is 5.32 Å². The smallest absolute Gasteiger partial charge is 0.365 e. The minimum atomic E-state index is -0.553. The molecule has 1 fully saturated rings. The first-order valence-electron chi connectivity index (χ1n) is 10.6. The van der Waals surface area contributed by atoms with Gasteiger partial charge in [-0.25, -0.2) is 19.0 Å². The average molecular weight is 444 g/mol. The molecule has 1 N–H and O–H groups in total. The van der Waals surface area contributed by atoms with Crippen molar-refractivity contribution >= 4 is 34.4 Å². The lowest BCUT2D eigenvalue weighted by Gasteiger charge is -2.34. The number of amides is 2. The zero-order chi connectivity index (χ0) is 22.8. The second-order valence-corrected chi connectivity index (χ2v) is 7.78. The molecule has 5 rings (SSSR count). The van der Waals surface area contributed by atoms with Crippen LogP contribution in [0.4, 0.5) is 14.9 Å². The molecule has 0 aromatic heterocycles. The van der Waals surface area contributed by atoms with Crippen molar-refractivity contribution in [1.29, 1.82) is 0 Å². The van der Waals surface area contributed by atoms with Crippen molar-refractivity contribution in [1.82, 2.24) is 9.80 Å². The number of para-hydroxylation sites is 1. The number of hydrogen-bond donors (Lipinski definition) is 1. The van der Waals surface area contributed by atoms with Crippen LogP contribution in [0.1, 0.15) is 5.56 Å². The lowest BCUT2D eigenvalue weighted by molar-refractivity contribution is -0.130. The maximum absolute atomic E-state index is 14.1. The van der Waals surface area contributed by atoms with Crippen molar-refractivity contribution in [2.24, 2.45) is 4.99 Å². The topological polar surface area (TPSA) is 74.2 Å². The molecular formula is C25H21FN4O3. The summed E-state index contributed by atoms with van der Waals surface area (Å²) >= 11 is 0. The van der Waals surface area contributed by atoms with Crippen LogP contribution >= 0.6 is 0 Å². The first-order valence-corrected chi connectivity index (χ1v) is 10.6. The molecule has 2 aliphatic heterocycles. The zero-order valence-corrected chi connectivity index (χ0v) is 17.7. The van der Waals surface area contributed by atoms with Crippen LogP contribution in [0.2, 0.25) is 0 Å². The van der Waals surface area contributed by atoms with E-state index in [1.807, 2.05) is 35.2 Å². The second kappa shape index (κ2) is 8.74. The fourth-order valence-corrected chi connectivity index (χ4v) is 3.91. The number of ether oxygens (including phenoxy) is 1. The highest BCUT2D eigenvalue weighted by molar-refractivity contribution is 6.16. The minimum absolute atomic E-state index is 0.155. The molecule has 2 aliphatic rings. The van der Waals surface area contributed by atoms with Crippen LogP contribution in [0.3, 0.4) is 0 Å². The molecule has 1 saturated heterocycles. The SMILES string of the molecule is O=C1OC(c2ccc(F)c3ccccc23)=N/C1=C\N1CCN(C(=O)Nc2ccccc2)CC1. The standard InChI is InChI=1S/C25H21FN4O3/c26-21-11-10-20(18-8-4-5-9-19(18)21)23-28-22(24(31)33-23)16-29-12-14-30(15-13-29)25(32)27-17-6-2-1-3-7-17/h1-11,16H,12-15H2,(H,27,32)/b22-16-. The Bertz CT molecular complexity index is 1280. The van der Waals surface area contributed by atoms with E-state index in [-0.39, 0.29) is 23.4 Å². The Hall–Kier alpha value is -4.20. The second-order valence-electron chi connectivity index (χ2n) is 7.78. The first-order chi connectivity index (χ1) is 16.1.